The number of pyridine rings is 1. The maximum Gasteiger partial charge on any atom is 0.0302 e. The van der Waals surface area contributed by atoms with Crippen molar-refractivity contribution in [2.75, 3.05) is 13.1 Å². The van der Waals surface area contributed by atoms with E-state index in [9.17, 15) is 0 Å². The highest BCUT2D eigenvalue weighted by Crippen LogP contribution is 2.38. The lowest BCUT2D eigenvalue weighted by Crippen LogP contribution is -2.27. The van der Waals surface area contributed by atoms with Crippen molar-refractivity contribution in [2.45, 2.75) is 39.0 Å². The van der Waals surface area contributed by atoms with E-state index >= 15 is 0 Å². The molecule has 0 bridgehead atoms. The van der Waals surface area contributed by atoms with Crippen LogP contribution in [0.5, 0.6) is 0 Å². The van der Waals surface area contributed by atoms with E-state index in [2.05, 4.69) is 36.3 Å². The zero-order valence-corrected chi connectivity index (χ0v) is 11.0. The summed E-state index contributed by atoms with van der Waals surface area (Å²) in [4.78, 5) is 4.25. The number of aromatic nitrogens is 1. The van der Waals surface area contributed by atoms with Gasteiger partial charge in [0, 0.05) is 12.4 Å². The lowest BCUT2D eigenvalue weighted by Gasteiger charge is -2.20. The Morgan fingerprint density at radius 3 is 3.00 bits per heavy atom. The summed E-state index contributed by atoms with van der Waals surface area (Å²) in [5.41, 5.74) is 1.43. The molecule has 0 aromatic carbocycles. The molecular formula is C15H24N2. The summed E-state index contributed by atoms with van der Waals surface area (Å²) in [5, 5.41) is 3.61. The van der Waals surface area contributed by atoms with Crippen LogP contribution in [-0.2, 0) is 0 Å². The molecule has 0 spiro atoms. The third kappa shape index (κ3) is 3.53. The standard InChI is InChI=1S/C15H24N2/c1-12(2)9-17-11-13-5-3-7-15(13)14-6-4-8-16-10-14/h4,6,8,10,12-13,15,17H,3,5,7,9,11H2,1-2H3. The maximum atomic E-state index is 4.25. The van der Waals surface area contributed by atoms with Crippen LogP contribution in [0.1, 0.15) is 44.6 Å². The van der Waals surface area contributed by atoms with Crippen molar-refractivity contribution < 1.29 is 0 Å². The van der Waals surface area contributed by atoms with Gasteiger partial charge in [-0.3, -0.25) is 4.98 Å². The Morgan fingerprint density at radius 2 is 2.29 bits per heavy atom. The summed E-state index contributed by atoms with van der Waals surface area (Å²) in [6, 6.07) is 4.30. The van der Waals surface area contributed by atoms with Gasteiger partial charge in [0.05, 0.1) is 0 Å². The number of hydrogen-bond donors (Lipinski definition) is 1. The predicted octanol–water partition coefficient (Wildman–Crippen LogP) is 3.21. The van der Waals surface area contributed by atoms with Crippen LogP contribution in [0, 0.1) is 11.8 Å². The first-order valence-corrected chi connectivity index (χ1v) is 6.88. The molecule has 1 aliphatic rings. The van der Waals surface area contributed by atoms with Gasteiger partial charge in [-0.15, -0.1) is 0 Å². The Labute approximate surface area is 105 Å². The lowest BCUT2D eigenvalue weighted by molar-refractivity contribution is 0.424. The zero-order valence-electron chi connectivity index (χ0n) is 11.0. The molecular weight excluding hydrogens is 208 g/mol. The summed E-state index contributed by atoms with van der Waals surface area (Å²) < 4.78 is 0. The van der Waals surface area contributed by atoms with E-state index in [1.807, 2.05) is 12.4 Å². The summed E-state index contributed by atoms with van der Waals surface area (Å²) in [6.07, 6.45) is 7.98. The normalized spacial score (nSPS) is 24.4. The van der Waals surface area contributed by atoms with Gasteiger partial charge < -0.3 is 5.32 Å². The minimum absolute atomic E-state index is 0.725. The van der Waals surface area contributed by atoms with E-state index in [4.69, 9.17) is 0 Å². The van der Waals surface area contributed by atoms with Crippen molar-refractivity contribution in [1.82, 2.24) is 10.3 Å². The third-order valence-corrected chi connectivity index (χ3v) is 3.73. The molecule has 1 aliphatic carbocycles. The largest absolute Gasteiger partial charge is 0.316 e. The van der Waals surface area contributed by atoms with Gasteiger partial charge in [0.1, 0.15) is 0 Å². The Kier molecular flexibility index (Phi) is 4.55. The molecule has 1 aromatic heterocycles. The molecule has 1 saturated carbocycles. The number of hydrogen-bond acceptors (Lipinski definition) is 2. The van der Waals surface area contributed by atoms with Gasteiger partial charge in [-0.05, 0) is 55.3 Å². The second-order valence-electron chi connectivity index (χ2n) is 5.64. The molecule has 2 rings (SSSR count). The minimum atomic E-state index is 0.725. The quantitative estimate of drug-likeness (QED) is 0.843. The van der Waals surface area contributed by atoms with Gasteiger partial charge >= 0.3 is 0 Å². The molecule has 2 heteroatoms. The first-order chi connectivity index (χ1) is 8.27. The molecule has 0 saturated heterocycles. The smallest absolute Gasteiger partial charge is 0.0302 e. The summed E-state index contributed by atoms with van der Waals surface area (Å²) in [7, 11) is 0. The molecule has 17 heavy (non-hydrogen) atoms. The van der Waals surface area contributed by atoms with Crippen LogP contribution in [0.4, 0.5) is 0 Å². The fourth-order valence-electron chi connectivity index (χ4n) is 2.87. The average molecular weight is 232 g/mol. The minimum Gasteiger partial charge on any atom is -0.316 e. The highest BCUT2D eigenvalue weighted by atomic mass is 14.9. The monoisotopic (exact) mass is 232 g/mol. The third-order valence-electron chi connectivity index (χ3n) is 3.73. The van der Waals surface area contributed by atoms with Gasteiger partial charge in [-0.2, -0.15) is 0 Å². The molecule has 1 N–H and O–H groups in total. The maximum absolute atomic E-state index is 4.25. The van der Waals surface area contributed by atoms with Crippen LogP contribution in [-0.4, -0.2) is 18.1 Å². The van der Waals surface area contributed by atoms with E-state index in [-0.39, 0.29) is 0 Å². The zero-order chi connectivity index (χ0) is 12.1. The fourth-order valence-corrected chi connectivity index (χ4v) is 2.87. The molecule has 1 heterocycles. The Bertz CT molecular complexity index is 321. The molecule has 0 aliphatic heterocycles. The van der Waals surface area contributed by atoms with Crippen molar-refractivity contribution in [1.29, 1.82) is 0 Å². The molecule has 1 aromatic rings. The van der Waals surface area contributed by atoms with Crippen LogP contribution < -0.4 is 5.32 Å². The molecule has 0 radical (unpaired) electrons. The first kappa shape index (κ1) is 12.6. The van der Waals surface area contributed by atoms with Crippen LogP contribution in [0.3, 0.4) is 0 Å². The Balaban J connectivity index is 1.89. The van der Waals surface area contributed by atoms with Gasteiger partial charge in [-0.25, -0.2) is 0 Å². The highest BCUT2D eigenvalue weighted by molar-refractivity contribution is 5.17. The Morgan fingerprint density at radius 1 is 1.41 bits per heavy atom. The fraction of sp³-hybridized carbons (Fsp3) is 0.667. The van der Waals surface area contributed by atoms with E-state index in [0.717, 1.165) is 30.8 Å². The van der Waals surface area contributed by atoms with Gasteiger partial charge in [0.2, 0.25) is 0 Å². The van der Waals surface area contributed by atoms with E-state index < -0.39 is 0 Å². The summed E-state index contributed by atoms with van der Waals surface area (Å²) in [5.74, 6) is 2.27. The van der Waals surface area contributed by atoms with Crippen LogP contribution >= 0.6 is 0 Å². The highest BCUT2D eigenvalue weighted by Gasteiger charge is 2.28. The van der Waals surface area contributed by atoms with E-state index in [1.54, 1.807) is 0 Å². The second-order valence-corrected chi connectivity index (χ2v) is 5.64. The SMILES string of the molecule is CC(C)CNCC1CCCC1c1cccnc1. The molecule has 2 atom stereocenters. The van der Waals surface area contributed by atoms with Crippen LogP contribution in [0.25, 0.3) is 0 Å². The van der Waals surface area contributed by atoms with Crippen molar-refractivity contribution in [2.24, 2.45) is 11.8 Å². The average Bonchev–Trinajstić information content (AvgIpc) is 2.78. The van der Waals surface area contributed by atoms with Crippen molar-refractivity contribution in [3.8, 4) is 0 Å². The lowest BCUT2D eigenvalue weighted by atomic mass is 9.90. The Hall–Kier alpha value is -0.890. The van der Waals surface area contributed by atoms with Gasteiger partial charge in [-0.1, -0.05) is 26.3 Å². The van der Waals surface area contributed by atoms with Crippen LogP contribution in [0.15, 0.2) is 24.5 Å². The van der Waals surface area contributed by atoms with Crippen molar-refractivity contribution >= 4 is 0 Å². The van der Waals surface area contributed by atoms with Gasteiger partial charge in [0.15, 0.2) is 0 Å². The van der Waals surface area contributed by atoms with Crippen LogP contribution in [0.2, 0.25) is 0 Å². The van der Waals surface area contributed by atoms with Crippen molar-refractivity contribution in [3.63, 3.8) is 0 Å². The molecule has 2 nitrogen and oxygen atoms in total. The predicted molar refractivity (Wildman–Crippen MR) is 72.0 cm³/mol. The topological polar surface area (TPSA) is 24.9 Å². The van der Waals surface area contributed by atoms with Crippen molar-refractivity contribution in [3.05, 3.63) is 30.1 Å². The molecule has 1 fully saturated rings. The van der Waals surface area contributed by atoms with E-state index in [1.165, 1.54) is 24.8 Å². The number of nitrogens with zero attached hydrogens (tertiary/aromatic N) is 1. The second kappa shape index (κ2) is 6.15. The first-order valence-electron chi connectivity index (χ1n) is 6.88. The molecule has 94 valence electrons. The number of nitrogens with one attached hydrogen (secondary N) is 1. The summed E-state index contributed by atoms with van der Waals surface area (Å²) in [6.45, 7) is 6.83. The number of rotatable bonds is 5. The molecule has 2 unspecified atom stereocenters. The summed E-state index contributed by atoms with van der Waals surface area (Å²) >= 11 is 0. The van der Waals surface area contributed by atoms with Gasteiger partial charge in [0.25, 0.3) is 0 Å². The van der Waals surface area contributed by atoms with E-state index in [0.29, 0.717) is 0 Å². The molecule has 0 amide bonds.